The number of ether oxygens (including phenoxy) is 2. The van der Waals surface area contributed by atoms with Crippen molar-refractivity contribution >= 4 is 5.91 Å². The van der Waals surface area contributed by atoms with Crippen LogP contribution in [0.1, 0.15) is 36.7 Å². The van der Waals surface area contributed by atoms with Crippen LogP contribution in [0.2, 0.25) is 0 Å². The lowest BCUT2D eigenvalue weighted by Gasteiger charge is -2.30. The first-order chi connectivity index (χ1) is 12.3. The molecular weight excluding hydrogens is 335 g/mol. The molecule has 0 saturated heterocycles. The van der Waals surface area contributed by atoms with Crippen molar-refractivity contribution < 1.29 is 18.7 Å². The predicted octanol–water partition coefficient (Wildman–Crippen LogP) is 3.59. The van der Waals surface area contributed by atoms with Gasteiger partial charge in [-0.15, -0.1) is 0 Å². The largest absolute Gasteiger partial charge is 0.473 e. The second kappa shape index (κ2) is 8.76. The Balaban J connectivity index is 1.96. The van der Waals surface area contributed by atoms with Gasteiger partial charge in [0.15, 0.2) is 0 Å². The molecule has 0 radical (unpaired) electrons. The molecule has 2 aromatic rings. The van der Waals surface area contributed by atoms with E-state index in [9.17, 15) is 9.18 Å². The lowest BCUT2D eigenvalue weighted by Crippen LogP contribution is -2.46. The molecule has 0 spiro atoms. The molecule has 0 fully saturated rings. The topological polar surface area (TPSA) is 60.5 Å². The zero-order valence-electron chi connectivity index (χ0n) is 15.6. The van der Waals surface area contributed by atoms with E-state index >= 15 is 0 Å². The first kappa shape index (κ1) is 19.8. The number of nitrogens with one attached hydrogen (secondary N) is 1. The Morgan fingerprint density at radius 1 is 1.27 bits per heavy atom. The zero-order chi connectivity index (χ0) is 19.2. The monoisotopic (exact) mass is 360 g/mol. The van der Waals surface area contributed by atoms with Crippen LogP contribution in [0.15, 0.2) is 42.6 Å². The van der Waals surface area contributed by atoms with E-state index in [0.29, 0.717) is 23.6 Å². The fourth-order valence-corrected chi connectivity index (χ4v) is 2.30. The smallest absolute Gasteiger partial charge is 0.253 e. The number of methoxy groups -OCH3 is 1. The molecule has 1 aromatic carbocycles. The molecule has 0 aliphatic rings. The summed E-state index contributed by atoms with van der Waals surface area (Å²) < 4.78 is 23.9. The number of benzene rings is 1. The van der Waals surface area contributed by atoms with E-state index in [1.54, 1.807) is 31.4 Å². The van der Waals surface area contributed by atoms with Crippen LogP contribution in [0.5, 0.6) is 5.88 Å². The van der Waals surface area contributed by atoms with Crippen LogP contribution in [-0.2, 0) is 11.3 Å². The van der Waals surface area contributed by atoms with Crippen molar-refractivity contribution in [3.63, 3.8) is 0 Å². The summed E-state index contributed by atoms with van der Waals surface area (Å²) in [6.45, 7) is 6.75. The Bertz CT molecular complexity index is 727. The van der Waals surface area contributed by atoms with E-state index in [2.05, 4.69) is 10.3 Å². The van der Waals surface area contributed by atoms with Crippen LogP contribution in [0.25, 0.3) is 0 Å². The maximum absolute atomic E-state index is 13.2. The molecule has 2 rings (SSSR count). The number of rotatable bonds is 7. The van der Waals surface area contributed by atoms with Crippen molar-refractivity contribution in [1.82, 2.24) is 10.3 Å². The minimum Gasteiger partial charge on any atom is -0.473 e. The minimum absolute atomic E-state index is 0.121. The van der Waals surface area contributed by atoms with E-state index in [1.807, 2.05) is 20.8 Å². The average Bonchev–Trinajstić information content (AvgIpc) is 2.59. The van der Waals surface area contributed by atoms with Gasteiger partial charge in [0.25, 0.3) is 5.91 Å². The number of hydrogen-bond donors (Lipinski definition) is 1. The maximum Gasteiger partial charge on any atom is 0.253 e. The standard InChI is InChI=1S/C20H25FN2O3/c1-20(2,3)17(13-25-4)23-19(24)15-8-9-18(22-11-15)26-12-14-6-5-7-16(21)10-14/h5-11,17H,12-13H2,1-4H3,(H,23,24). The third-order valence-corrected chi connectivity index (χ3v) is 3.96. The number of pyridine rings is 1. The molecule has 0 saturated carbocycles. The van der Waals surface area contributed by atoms with Crippen molar-refractivity contribution in [2.24, 2.45) is 5.41 Å². The fourth-order valence-electron chi connectivity index (χ4n) is 2.30. The molecule has 1 aromatic heterocycles. The minimum atomic E-state index is -0.310. The van der Waals surface area contributed by atoms with Gasteiger partial charge in [-0.2, -0.15) is 0 Å². The first-order valence-corrected chi connectivity index (χ1v) is 8.42. The molecule has 1 heterocycles. The van der Waals surface area contributed by atoms with Crippen LogP contribution in [0.4, 0.5) is 4.39 Å². The third-order valence-electron chi connectivity index (χ3n) is 3.96. The second-order valence-corrected chi connectivity index (χ2v) is 7.15. The average molecular weight is 360 g/mol. The van der Waals surface area contributed by atoms with E-state index in [0.717, 1.165) is 0 Å². The van der Waals surface area contributed by atoms with Crippen molar-refractivity contribution in [3.8, 4) is 5.88 Å². The number of carbonyl (C=O) groups is 1. The second-order valence-electron chi connectivity index (χ2n) is 7.15. The molecule has 0 aliphatic carbocycles. The van der Waals surface area contributed by atoms with Crippen LogP contribution >= 0.6 is 0 Å². The van der Waals surface area contributed by atoms with Crippen molar-refractivity contribution in [3.05, 3.63) is 59.5 Å². The van der Waals surface area contributed by atoms with Gasteiger partial charge in [0.2, 0.25) is 5.88 Å². The highest BCUT2D eigenvalue weighted by atomic mass is 19.1. The Morgan fingerprint density at radius 3 is 2.62 bits per heavy atom. The van der Waals surface area contributed by atoms with Crippen LogP contribution in [-0.4, -0.2) is 30.6 Å². The van der Waals surface area contributed by atoms with Gasteiger partial charge in [0.1, 0.15) is 12.4 Å². The Labute approximate surface area is 153 Å². The summed E-state index contributed by atoms with van der Waals surface area (Å²) in [7, 11) is 1.61. The number of carbonyl (C=O) groups excluding carboxylic acids is 1. The first-order valence-electron chi connectivity index (χ1n) is 8.42. The summed E-state index contributed by atoms with van der Waals surface area (Å²) in [6.07, 6.45) is 1.46. The predicted molar refractivity (Wildman–Crippen MR) is 97.6 cm³/mol. The molecule has 26 heavy (non-hydrogen) atoms. The number of nitrogens with zero attached hydrogens (tertiary/aromatic N) is 1. The number of halogens is 1. The van der Waals surface area contributed by atoms with Crippen LogP contribution < -0.4 is 10.1 Å². The molecule has 1 atom stereocenters. The van der Waals surface area contributed by atoms with Gasteiger partial charge in [-0.1, -0.05) is 32.9 Å². The third kappa shape index (κ3) is 5.81. The number of amides is 1. The van der Waals surface area contributed by atoms with Crippen LogP contribution in [0, 0.1) is 11.2 Å². The molecule has 6 heteroatoms. The summed E-state index contributed by atoms with van der Waals surface area (Å²) >= 11 is 0. The normalized spacial score (nSPS) is 12.5. The SMILES string of the molecule is COCC(NC(=O)c1ccc(OCc2cccc(F)c2)nc1)C(C)(C)C. The molecule has 1 N–H and O–H groups in total. The summed E-state index contributed by atoms with van der Waals surface area (Å²) in [5.74, 6) is -0.156. The van der Waals surface area contributed by atoms with E-state index < -0.39 is 0 Å². The van der Waals surface area contributed by atoms with E-state index in [1.165, 1.54) is 18.3 Å². The van der Waals surface area contributed by atoms with E-state index in [4.69, 9.17) is 9.47 Å². The molecule has 0 bridgehead atoms. The number of hydrogen-bond acceptors (Lipinski definition) is 4. The molecule has 1 unspecified atom stereocenters. The zero-order valence-corrected chi connectivity index (χ0v) is 15.6. The van der Waals surface area contributed by atoms with E-state index in [-0.39, 0.29) is 29.8 Å². The lowest BCUT2D eigenvalue weighted by molar-refractivity contribution is 0.0786. The summed E-state index contributed by atoms with van der Waals surface area (Å²) in [5.41, 5.74) is 1.02. The van der Waals surface area contributed by atoms with Crippen molar-refractivity contribution in [2.45, 2.75) is 33.4 Å². The summed E-state index contributed by atoms with van der Waals surface area (Å²) in [4.78, 5) is 16.6. The van der Waals surface area contributed by atoms with Gasteiger partial charge in [-0.05, 0) is 29.2 Å². The quantitative estimate of drug-likeness (QED) is 0.820. The van der Waals surface area contributed by atoms with Gasteiger partial charge >= 0.3 is 0 Å². The highest BCUT2D eigenvalue weighted by Crippen LogP contribution is 2.20. The highest BCUT2D eigenvalue weighted by Gasteiger charge is 2.26. The molecule has 1 amide bonds. The van der Waals surface area contributed by atoms with Crippen LogP contribution in [0.3, 0.4) is 0 Å². The molecule has 140 valence electrons. The maximum atomic E-state index is 13.2. The van der Waals surface area contributed by atoms with Gasteiger partial charge in [0.05, 0.1) is 18.2 Å². The fraction of sp³-hybridized carbons (Fsp3) is 0.400. The Morgan fingerprint density at radius 2 is 2.04 bits per heavy atom. The lowest BCUT2D eigenvalue weighted by atomic mass is 9.87. The molecule has 0 aliphatic heterocycles. The van der Waals surface area contributed by atoms with Gasteiger partial charge in [-0.3, -0.25) is 4.79 Å². The van der Waals surface area contributed by atoms with Gasteiger partial charge in [-0.25, -0.2) is 9.37 Å². The number of aromatic nitrogens is 1. The van der Waals surface area contributed by atoms with Gasteiger partial charge in [0, 0.05) is 19.4 Å². The van der Waals surface area contributed by atoms with Gasteiger partial charge < -0.3 is 14.8 Å². The Kier molecular flexibility index (Phi) is 6.69. The summed E-state index contributed by atoms with van der Waals surface area (Å²) in [6, 6.07) is 9.33. The van der Waals surface area contributed by atoms with Crippen molar-refractivity contribution in [1.29, 1.82) is 0 Å². The summed E-state index contributed by atoms with van der Waals surface area (Å²) in [5, 5.41) is 2.97. The molecule has 5 nitrogen and oxygen atoms in total. The Hall–Kier alpha value is -2.47. The molecular formula is C20H25FN2O3. The highest BCUT2D eigenvalue weighted by molar-refractivity contribution is 5.94. The van der Waals surface area contributed by atoms with Crippen molar-refractivity contribution in [2.75, 3.05) is 13.7 Å².